The summed E-state index contributed by atoms with van der Waals surface area (Å²) in [6.45, 7) is 6.38. The molecule has 3 nitrogen and oxygen atoms in total. The van der Waals surface area contributed by atoms with E-state index >= 15 is 0 Å². The topological polar surface area (TPSA) is 57.5 Å². The van der Waals surface area contributed by atoms with Crippen molar-refractivity contribution in [3.05, 3.63) is 0 Å². The standard InChI is InChI=1S/C21H34O3/c1-19-10-8-14(22)12-13(19)4-5-15-16-6-7-18(21(3,23)24)20(16,2)11-9-17(15)19/h13,15-18,23-24H,4-12H2,1-3H3/t13?,15?,16?,17?,18-,19?,20-/m0/s1. The van der Waals surface area contributed by atoms with E-state index in [2.05, 4.69) is 13.8 Å². The van der Waals surface area contributed by atoms with E-state index in [1.54, 1.807) is 6.92 Å². The molecule has 4 fully saturated rings. The van der Waals surface area contributed by atoms with Crippen LogP contribution in [0.25, 0.3) is 0 Å². The Kier molecular flexibility index (Phi) is 3.76. The summed E-state index contributed by atoms with van der Waals surface area (Å²) < 4.78 is 0. The molecule has 5 unspecified atom stereocenters. The molecule has 0 saturated heterocycles. The van der Waals surface area contributed by atoms with Gasteiger partial charge < -0.3 is 10.2 Å². The maximum atomic E-state index is 12.0. The molecule has 2 N–H and O–H groups in total. The lowest BCUT2D eigenvalue weighted by Crippen LogP contribution is -2.55. The third-order valence-electron chi connectivity index (χ3n) is 9.14. The third-order valence-corrected chi connectivity index (χ3v) is 9.14. The Morgan fingerprint density at radius 1 is 0.958 bits per heavy atom. The van der Waals surface area contributed by atoms with Crippen molar-refractivity contribution in [1.82, 2.24) is 0 Å². The normalized spacial score (nSPS) is 51.7. The van der Waals surface area contributed by atoms with Gasteiger partial charge in [0.05, 0.1) is 0 Å². The minimum Gasteiger partial charge on any atom is -0.366 e. The van der Waals surface area contributed by atoms with Crippen LogP contribution in [0.3, 0.4) is 0 Å². The largest absolute Gasteiger partial charge is 0.366 e. The van der Waals surface area contributed by atoms with Crippen molar-refractivity contribution in [2.75, 3.05) is 0 Å². The van der Waals surface area contributed by atoms with Gasteiger partial charge in [0.2, 0.25) is 0 Å². The predicted molar refractivity (Wildman–Crippen MR) is 93.1 cm³/mol. The molecule has 136 valence electrons. The second kappa shape index (κ2) is 5.30. The van der Waals surface area contributed by atoms with Gasteiger partial charge in [0, 0.05) is 18.8 Å². The molecule has 7 atom stereocenters. The molecule has 0 aromatic carbocycles. The van der Waals surface area contributed by atoms with E-state index in [9.17, 15) is 15.0 Å². The van der Waals surface area contributed by atoms with Crippen molar-refractivity contribution in [2.45, 2.75) is 84.3 Å². The summed E-state index contributed by atoms with van der Waals surface area (Å²) in [5.74, 6) is 1.64. The Hall–Kier alpha value is -0.410. The minimum absolute atomic E-state index is 0.00872. The molecule has 24 heavy (non-hydrogen) atoms. The van der Waals surface area contributed by atoms with Gasteiger partial charge in [-0.3, -0.25) is 4.79 Å². The second-order valence-electron chi connectivity index (χ2n) is 10.2. The molecule has 0 aromatic rings. The van der Waals surface area contributed by atoms with Crippen LogP contribution in [0.2, 0.25) is 0 Å². The average Bonchev–Trinajstić information content (AvgIpc) is 2.85. The number of fused-ring (bicyclic) bond motifs is 5. The molecule has 0 aliphatic heterocycles. The van der Waals surface area contributed by atoms with Crippen LogP contribution in [0.1, 0.15) is 78.6 Å². The zero-order valence-electron chi connectivity index (χ0n) is 15.6. The first kappa shape index (κ1) is 17.0. The predicted octanol–water partition coefficient (Wildman–Crippen LogP) is 3.92. The van der Waals surface area contributed by atoms with Gasteiger partial charge in [0.25, 0.3) is 0 Å². The summed E-state index contributed by atoms with van der Waals surface area (Å²) >= 11 is 0. The molecule has 0 spiro atoms. The number of carbonyl (C=O) groups excluding carboxylic acids is 1. The van der Waals surface area contributed by atoms with Gasteiger partial charge in [0.1, 0.15) is 5.78 Å². The number of rotatable bonds is 1. The van der Waals surface area contributed by atoms with Crippen LogP contribution >= 0.6 is 0 Å². The summed E-state index contributed by atoms with van der Waals surface area (Å²) in [5, 5.41) is 20.6. The van der Waals surface area contributed by atoms with Crippen molar-refractivity contribution in [3.63, 3.8) is 0 Å². The van der Waals surface area contributed by atoms with Crippen LogP contribution in [-0.4, -0.2) is 21.8 Å². The van der Waals surface area contributed by atoms with E-state index in [0.29, 0.717) is 23.0 Å². The van der Waals surface area contributed by atoms with Gasteiger partial charge in [-0.15, -0.1) is 0 Å². The number of hydrogen-bond donors (Lipinski definition) is 2. The Balaban J connectivity index is 1.62. The number of carbonyl (C=O) groups is 1. The fourth-order valence-electron chi connectivity index (χ4n) is 7.94. The molecule has 0 bridgehead atoms. The van der Waals surface area contributed by atoms with Crippen LogP contribution in [-0.2, 0) is 4.79 Å². The zero-order chi connectivity index (χ0) is 17.3. The molecule has 4 aliphatic carbocycles. The molecular weight excluding hydrogens is 300 g/mol. The van der Waals surface area contributed by atoms with Crippen LogP contribution in [0, 0.1) is 40.4 Å². The van der Waals surface area contributed by atoms with Gasteiger partial charge in [-0.25, -0.2) is 0 Å². The first-order valence-electron chi connectivity index (χ1n) is 10.1. The molecule has 4 rings (SSSR count). The summed E-state index contributed by atoms with van der Waals surface area (Å²) in [4.78, 5) is 12.0. The van der Waals surface area contributed by atoms with Crippen molar-refractivity contribution >= 4 is 5.78 Å². The zero-order valence-corrected chi connectivity index (χ0v) is 15.6. The number of aliphatic hydroxyl groups is 2. The van der Waals surface area contributed by atoms with E-state index in [1.807, 2.05) is 0 Å². The SMILES string of the molecule is CC12CCC(=O)CC1CCC1C2CC[C@@]2(C)C1CC[C@@H]2C(C)(O)O. The van der Waals surface area contributed by atoms with Crippen molar-refractivity contribution in [2.24, 2.45) is 40.4 Å². The molecule has 0 aromatic heterocycles. The summed E-state index contributed by atoms with van der Waals surface area (Å²) in [5.41, 5.74) is 0.422. The van der Waals surface area contributed by atoms with E-state index in [0.717, 1.165) is 50.4 Å². The third kappa shape index (κ3) is 2.26. The van der Waals surface area contributed by atoms with E-state index in [-0.39, 0.29) is 11.3 Å². The average molecular weight is 335 g/mol. The molecule has 4 aliphatic rings. The lowest BCUT2D eigenvalue weighted by atomic mass is 9.44. The highest BCUT2D eigenvalue weighted by Crippen LogP contribution is 2.68. The molecule has 0 heterocycles. The fourth-order valence-corrected chi connectivity index (χ4v) is 7.94. The Morgan fingerprint density at radius 3 is 2.38 bits per heavy atom. The van der Waals surface area contributed by atoms with Gasteiger partial charge in [-0.2, -0.15) is 0 Å². The van der Waals surface area contributed by atoms with Gasteiger partial charge >= 0.3 is 0 Å². The lowest BCUT2D eigenvalue weighted by molar-refractivity contribution is -0.221. The van der Waals surface area contributed by atoms with Crippen molar-refractivity contribution in [3.8, 4) is 0 Å². The Bertz CT molecular complexity index is 536. The van der Waals surface area contributed by atoms with Crippen LogP contribution in [0.4, 0.5) is 0 Å². The lowest BCUT2D eigenvalue weighted by Gasteiger charge is -2.60. The smallest absolute Gasteiger partial charge is 0.163 e. The Labute approximate surface area is 146 Å². The number of Topliss-reactive ketones (excluding diaryl/α,β-unsaturated/α-hetero) is 1. The highest BCUT2D eigenvalue weighted by Gasteiger charge is 2.62. The summed E-state index contributed by atoms with van der Waals surface area (Å²) in [6.07, 6.45) is 9.58. The molecule has 4 saturated carbocycles. The van der Waals surface area contributed by atoms with E-state index < -0.39 is 5.79 Å². The fraction of sp³-hybridized carbons (Fsp3) is 0.952. The first-order valence-corrected chi connectivity index (χ1v) is 10.1. The van der Waals surface area contributed by atoms with Gasteiger partial charge in [-0.05, 0) is 86.4 Å². The first-order chi connectivity index (χ1) is 11.2. The minimum atomic E-state index is -1.55. The quantitative estimate of drug-likeness (QED) is 0.715. The molecular formula is C21H34O3. The van der Waals surface area contributed by atoms with Crippen LogP contribution in [0.5, 0.6) is 0 Å². The summed E-state index contributed by atoms with van der Waals surface area (Å²) in [6, 6.07) is 0. The molecule has 3 heteroatoms. The van der Waals surface area contributed by atoms with Crippen LogP contribution in [0.15, 0.2) is 0 Å². The van der Waals surface area contributed by atoms with E-state index in [4.69, 9.17) is 0 Å². The number of hydrogen-bond acceptors (Lipinski definition) is 3. The van der Waals surface area contributed by atoms with Crippen molar-refractivity contribution in [1.29, 1.82) is 0 Å². The van der Waals surface area contributed by atoms with Gasteiger partial charge in [0.15, 0.2) is 5.79 Å². The molecule has 0 amide bonds. The maximum absolute atomic E-state index is 12.0. The monoisotopic (exact) mass is 334 g/mol. The van der Waals surface area contributed by atoms with E-state index in [1.165, 1.54) is 19.3 Å². The van der Waals surface area contributed by atoms with Crippen molar-refractivity contribution < 1.29 is 15.0 Å². The maximum Gasteiger partial charge on any atom is 0.163 e. The van der Waals surface area contributed by atoms with Gasteiger partial charge in [-0.1, -0.05) is 13.8 Å². The van der Waals surface area contributed by atoms with Crippen LogP contribution < -0.4 is 0 Å². The molecule has 0 radical (unpaired) electrons. The second-order valence-corrected chi connectivity index (χ2v) is 10.2. The highest BCUT2D eigenvalue weighted by molar-refractivity contribution is 5.79. The Morgan fingerprint density at radius 2 is 1.67 bits per heavy atom. The number of ketones is 1. The highest BCUT2D eigenvalue weighted by atomic mass is 16.5. The summed E-state index contributed by atoms with van der Waals surface area (Å²) in [7, 11) is 0.